The van der Waals surface area contributed by atoms with E-state index in [1.807, 2.05) is 24.4 Å². The Morgan fingerprint density at radius 3 is 3.25 bits per heavy atom. The molecule has 0 fully saturated rings. The van der Waals surface area contributed by atoms with Crippen LogP contribution in [0.5, 0.6) is 0 Å². The van der Waals surface area contributed by atoms with Crippen LogP contribution in [0, 0.1) is 5.41 Å². The molecule has 12 heavy (non-hydrogen) atoms. The summed E-state index contributed by atoms with van der Waals surface area (Å²) in [5.74, 6) is 2.21. The Morgan fingerprint density at radius 1 is 1.50 bits per heavy atom. The van der Waals surface area contributed by atoms with E-state index in [1.165, 1.54) is 6.20 Å². The van der Waals surface area contributed by atoms with Crippen LogP contribution < -0.4 is 0 Å². The maximum absolute atomic E-state index is 6.80. The summed E-state index contributed by atoms with van der Waals surface area (Å²) >= 11 is 0. The van der Waals surface area contributed by atoms with E-state index in [1.54, 1.807) is 10.8 Å². The van der Waals surface area contributed by atoms with Crippen molar-refractivity contribution in [3.63, 3.8) is 0 Å². The molecule has 0 unspecified atom stereocenters. The van der Waals surface area contributed by atoms with Crippen LogP contribution in [-0.4, -0.2) is 15.4 Å². The van der Waals surface area contributed by atoms with Crippen molar-refractivity contribution in [2.75, 3.05) is 0 Å². The van der Waals surface area contributed by atoms with Gasteiger partial charge in [-0.3, -0.25) is 9.98 Å². The standard InChI is InChI=1S/C9H7N3/c10-4-7-12-6-3-8-2-1-5-11-9(8)12/h1-3,5-7,10H. The second-order valence-corrected chi connectivity index (χ2v) is 2.41. The van der Waals surface area contributed by atoms with E-state index in [0.29, 0.717) is 0 Å². The van der Waals surface area contributed by atoms with Gasteiger partial charge in [0.05, 0.1) is 6.20 Å². The number of nitrogens with one attached hydrogen (secondary N) is 1. The monoisotopic (exact) mass is 157 g/mol. The molecule has 0 radical (unpaired) electrons. The highest BCUT2D eigenvalue weighted by Crippen LogP contribution is 2.11. The second-order valence-electron chi connectivity index (χ2n) is 2.41. The van der Waals surface area contributed by atoms with E-state index in [0.717, 1.165) is 11.0 Å². The van der Waals surface area contributed by atoms with E-state index in [-0.39, 0.29) is 0 Å². The molecule has 2 aromatic rings. The van der Waals surface area contributed by atoms with Gasteiger partial charge in [0.2, 0.25) is 0 Å². The summed E-state index contributed by atoms with van der Waals surface area (Å²) in [6.45, 7) is 0. The largest absolute Gasteiger partial charge is 0.299 e. The molecule has 0 aliphatic rings. The molecule has 2 aromatic heterocycles. The van der Waals surface area contributed by atoms with Crippen molar-refractivity contribution < 1.29 is 0 Å². The van der Waals surface area contributed by atoms with Gasteiger partial charge in [-0.15, -0.1) is 0 Å². The van der Waals surface area contributed by atoms with Gasteiger partial charge in [-0.2, -0.15) is 0 Å². The maximum Gasteiger partial charge on any atom is 0.144 e. The molecular formula is C9H7N3. The summed E-state index contributed by atoms with van der Waals surface area (Å²) in [4.78, 5) is 4.17. The number of hydrogen-bond acceptors (Lipinski definition) is 2. The lowest BCUT2D eigenvalue weighted by atomic mass is 10.3. The minimum absolute atomic E-state index is 0.859. The van der Waals surface area contributed by atoms with Crippen molar-refractivity contribution in [2.45, 2.75) is 0 Å². The molecule has 0 saturated carbocycles. The number of rotatable bonds is 1. The average molecular weight is 157 g/mol. The van der Waals surface area contributed by atoms with E-state index >= 15 is 0 Å². The van der Waals surface area contributed by atoms with Crippen LogP contribution in [0.15, 0.2) is 30.6 Å². The van der Waals surface area contributed by atoms with Crippen molar-refractivity contribution in [3.05, 3.63) is 30.6 Å². The predicted octanol–water partition coefficient (Wildman–Crippen LogP) is 1.76. The topological polar surface area (TPSA) is 41.7 Å². The normalized spacial score (nSPS) is 9.67. The summed E-state index contributed by atoms with van der Waals surface area (Å²) in [5, 5.41) is 7.87. The Bertz CT molecular complexity index is 449. The number of nitrogens with zero attached hydrogens (tertiary/aromatic N) is 2. The minimum Gasteiger partial charge on any atom is -0.299 e. The molecule has 0 atom stereocenters. The molecule has 0 aliphatic carbocycles. The third kappa shape index (κ3) is 0.929. The van der Waals surface area contributed by atoms with Crippen LogP contribution in [0.25, 0.3) is 17.2 Å². The van der Waals surface area contributed by atoms with Gasteiger partial charge in [-0.25, -0.2) is 4.98 Å². The smallest absolute Gasteiger partial charge is 0.144 e. The Kier molecular flexibility index (Phi) is 1.50. The molecular weight excluding hydrogens is 150 g/mol. The number of pyridine rings is 1. The molecule has 2 rings (SSSR count). The van der Waals surface area contributed by atoms with Gasteiger partial charge in [0.1, 0.15) is 5.65 Å². The van der Waals surface area contributed by atoms with Gasteiger partial charge < -0.3 is 0 Å². The average Bonchev–Trinajstić information content (AvgIpc) is 2.50. The highest BCUT2D eigenvalue weighted by molar-refractivity contribution is 5.81. The first kappa shape index (κ1) is 6.83. The van der Waals surface area contributed by atoms with Crippen LogP contribution in [0.2, 0.25) is 0 Å². The SMILES string of the molecule is N=C=Cn1ccc2cccnc21. The van der Waals surface area contributed by atoms with E-state index in [2.05, 4.69) is 10.9 Å². The summed E-state index contributed by atoms with van der Waals surface area (Å²) < 4.78 is 1.77. The second kappa shape index (κ2) is 2.64. The fraction of sp³-hybridized carbons (Fsp3) is 0. The van der Waals surface area contributed by atoms with Gasteiger partial charge >= 0.3 is 0 Å². The van der Waals surface area contributed by atoms with E-state index in [9.17, 15) is 0 Å². The van der Waals surface area contributed by atoms with Gasteiger partial charge in [0, 0.05) is 17.8 Å². The van der Waals surface area contributed by atoms with Crippen molar-refractivity contribution in [1.82, 2.24) is 9.55 Å². The predicted molar refractivity (Wildman–Crippen MR) is 48.2 cm³/mol. The molecule has 0 amide bonds. The highest BCUT2D eigenvalue weighted by Gasteiger charge is 1.96. The highest BCUT2D eigenvalue weighted by atomic mass is 15.0. The Balaban J connectivity index is 2.78. The molecule has 0 saturated heterocycles. The quantitative estimate of drug-likeness (QED) is 0.629. The lowest BCUT2D eigenvalue weighted by Gasteiger charge is -1.92. The van der Waals surface area contributed by atoms with Gasteiger partial charge in [0.15, 0.2) is 0 Å². The van der Waals surface area contributed by atoms with Gasteiger partial charge in [-0.05, 0) is 24.1 Å². The third-order valence-electron chi connectivity index (χ3n) is 1.68. The first-order chi connectivity index (χ1) is 5.92. The molecule has 3 heteroatoms. The molecule has 0 bridgehead atoms. The fourth-order valence-corrected chi connectivity index (χ4v) is 1.16. The lowest BCUT2D eigenvalue weighted by molar-refractivity contribution is 1.18. The number of hydrogen-bond donors (Lipinski definition) is 1. The zero-order valence-electron chi connectivity index (χ0n) is 6.36. The van der Waals surface area contributed by atoms with Crippen molar-refractivity contribution in [3.8, 4) is 0 Å². The van der Waals surface area contributed by atoms with E-state index < -0.39 is 0 Å². The van der Waals surface area contributed by atoms with Crippen LogP contribution in [0.1, 0.15) is 0 Å². The molecule has 2 heterocycles. The molecule has 0 spiro atoms. The summed E-state index contributed by atoms with van der Waals surface area (Å²) in [6, 6.07) is 5.83. The Morgan fingerprint density at radius 2 is 2.42 bits per heavy atom. The van der Waals surface area contributed by atoms with Crippen LogP contribution in [0.4, 0.5) is 0 Å². The van der Waals surface area contributed by atoms with Crippen molar-refractivity contribution in [1.29, 1.82) is 5.41 Å². The van der Waals surface area contributed by atoms with Crippen LogP contribution in [0.3, 0.4) is 0 Å². The fourth-order valence-electron chi connectivity index (χ4n) is 1.16. The summed E-state index contributed by atoms with van der Waals surface area (Å²) in [6.07, 6.45) is 5.13. The van der Waals surface area contributed by atoms with Gasteiger partial charge in [0.25, 0.3) is 0 Å². The lowest BCUT2D eigenvalue weighted by Crippen LogP contribution is -1.85. The summed E-state index contributed by atoms with van der Waals surface area (Å²) in [5.41, 5.74) is 0.859. The van der Waals surface area contributed by atoms with E-state index in [4.69, 9.17) is 5.41 Å². The zero-order chi connectivity index (χ0) is 8.39. The van der Waals surface area contributed by atoms with Crippen molar-refractivity contribution >= 4 is 23.1 Å². The maximum atomic E-state index is 6.80. The first-order valence-corrected chi connectivity index (χ1v) is 3.59. The zero-order valence-corrected chi connectivity index (χ0v) is 6.36. The molecule has 0 aliphatic heterocycles. The number of fused-ring (bicyclic) bond motifs is 1. The third-order valence-corrected chi connectivity index (χ3v) is 1.68. The van der Waals surface area contributed by atoms with Crippen LogP contribution in [-0.2, 0) is 0 Å². The first-order valence-electron chi connectivity index (χ1n) is 3.59. The van der Waals surface area contributed by atoms with Gasteiger partial charge in [-0.1, -0.05) is 0 Å². The Labute approximate surface area is 69.5 Å². The molecule has 3 nitrogen and oxygen atoms in total. The Hall–Kier alpha value is -1.86. The molecule has 0 aromatic carbocycles. The van der Waals surface area contributed by atoms with Crippen LogP contribution >= 0.6 is 0 Å². The summed E-state index contributed by atoms with van der Waals surface area (Å²) in [7, 11) is 0. The molecule has 58 valence electrons. The minimum atomic E-state index is 0.859. The van der Waals surface area contributed by atoms with Crippen molar-refractivity contribution in [2.24, 2.45) is 0 Å². The molecule has 1 N–H and O–H groups in total. The number of aromatic nitrogens is 2.